The Hall–Kier alpha value is -7.37. The molecule has 60 heavy (non-hydrogen) atoms. The maximum Gasteiger partial charge on any atom is 0.437 e. The molecule has 0 aliphatic carbocycles. The summed E-state index contributed by atoms with van der Waals surface area (Å²) >= 11 is 4.45. The Balaban J connectivity index is 1.14. The number of nitrogens with one attached hydrogen (secondary N) is 3. The number of alkyl carbamates (subject to hydrolysis) is 1. The standard InChI is InChI=1S/C36H37N9O14S/c1-21(31(46)38-25-15-41(16-25)32(47)30-14-29(60)17-42(30)36(50)59-20-24-6-12-28(13-7-24)45(55)56)37-33(39-34(48)57-18-22-2-8-26(9-3-22)43(51)52)40-35(49)58-19-23-4-10-27(11-5-23)44(53)54/h2-13,21,25,29-30,60H,14-20H2,1H3,(H,38,46)(H2,37,39,40,48,49)/t21-,29+,30+/m1/s1. The molecule has 5 rings (SSSR count). The Kier molecular flexibility index (Phi) is 14.5. The van der Waals surface area contributed by atoms with Gasteiger partial charge in [-0.05, 0) is 66.4 Å². The second-order valence-corrected chi connectivity index (χ2v) is 14.1. The average molecular weight is 852 g/mol. The summed E-state index contributed by atoms with van der Waals surface area (Å²) in [4.78, 5) is 102. The lowest BCUT2D eigenvalue weighted by molar-refractivity contribution is -0.385. The van der Waals surface area contributed by atoms with Crippen LogP contribution >= 0.6 is 12.6 Å². The van der Waals surface area contributed by atoms with Crippen molar-refractivity contribution in [3.8, 4) is 0 Å². The van der Waals surface area contributed by atoms with Gasteiger partial charge in [0.15, 0.2) is 0 Å². The lowest BCUT2D eigenvalue weighted by Gasteiger charge is -2.42. The highest BCUT2D eigenvalue weighted by Gasteiger charge is 2.44. The van der Waals surface area contributed by atoms with Crippen LogP contribution in [0.5, 0.6) is 0 Å². The van der Waals surface area contributed by atoms with E-state index < -0.39 is 63.0 Å². The van der Waals surface area contributed by atoms with Crippen LogP contribution in [-0.2, 0) is 43.6 Å². The number of thiol groups is 1. The molecule has 3 aromatic rings. The van der Waals surface area contributed by atoms with E-state index >= 15 is 0 Å². The maximum atomic E-state index is 13.4. The summed E-state index contributed by atoms with van der Waals surface area (Å²) in [5.74, 6) is -1.55. The number of amides is 5. The molecule has 0 radical (unpaired) electrons. The van der Waals surface area contributed by atoms with Gasteiger partial charge in [0.2, 0.25) is 17.8 Å². The number of rotatable bonds is 13. The van der Waals surface area contributed by atoms with Crippen LogP contribution in [0, 0.1) is 30.3 Å². The van der Waals surface area contributed by atoms with Crippen molar-refractivity contribution >= 4 is 65.7 Å². The molecule has 2 saturated heterocycles. The van der Waals surface area contributed by atoms with Crippen LogP contribution in [-0.4, -0.2) is 104 Å². The number of guanidine groups is 1. The minimum atomic E-state index is -1.22. The van der Waals surface area contributed by atoms with Crippen LogP contribution in [0.1, 0.15) is 30.0 Å². The number of hydrogen-bond acceptors (Lipinski definition) is 15. The van der Waals surface area contributed by atoms with Crippen molar-refractivity contribution < 1.29 is 53.0 Å². The first-order valence-corrected chi connectivity index (χ1v) is 18.4. The van der Waals surface area contributed by atoms with Gasteiger partial charge in [0, 0.05) is 61.3 Å². The van der Waals surface area contributed by atoms with E-state index in [4.69, 9.17) is 14.2 Å². The van der Waals surface area contributed by atoms with Crippen molar-refractivity contribution in [2.45, 2.75) is 56.5 Å². The monoisotopic (exact) mass is 851 g/mol. The van der Waals surface area contributed by atoms with Gasteiger partial charge in [0.1, 0.15) is 31.9 Å². The van der Waals surface area contributed by atoms with Crippen LogP contribution in [0.4, 0.5) is 31.4 Å². The third-order valence-electron chi connectivity index (χ3n) is 9.04. The normalized spacial score (nSPS) is 16.7. The zero-order chi connectivity index (χ0) is 43.5. The summed E-state index contributed by atoms with van der Waals surface area (Å²) in [7, 11) is 0. The van der Waals surface area contributed by atoms with Crippen molar-refractivity contribution in [3.05, 3.63) is 120 Å². The Morgan fingerprint density at radius 2 is 1.22 bits per heavy atom. The van der Waals surface area contributed by atoms with Gasteiger partial charge in [-0.1, -0.05) is 0 Å². The molecule has 0 spiro atoms. The highest BCUT2D eigenvalue weighted by Crippen LogP contribution is 2.26. The van der Waals surface area contributed by atoms with Gasteiger partial charge in [-0.3, -0.25) is 50.1 Å². The topological polar surface area (TPSA) is 297 Å². The quantitative estimate of drug-likeness (QED) is 0.0479. The molecule has 0 unspecified atom stereocenters. The summed E-state index contributed by atoms with van der Waals surface area (Å²) in [6, 6.07) is 13.3. The molecule has 2 fully saturated rings. The van der Waals surface area contributed by atoms with Gasteiger partial charge >= 0.3 is 18.3 Å². The van der Waals surface area contributed by atoms with E-state index in [1.54, 1.807) is 0 Å². The minimum Gasteiger partial charge on any atom is -0.445 e. The van der Waals surface area contributed by atoms with Crippen LogP contribution < -0.4 is 16.0 Å². The number of carbonyl (C=O) groups is 5. The Morgan fingerprint density at radius 1 is 0.750 bits per heavy atom. The summed E-state index contributed by atoms with van der Waals surface area (Å²) in [5.41, 5.74) is 0.830. The zero-order valence-electron chi connectivity index (χ0n) is 31.5. The fraction of sp³-hybridized carbons (Fsp3) is 0.333. The molecule has 2 aliphatic rings. The van der Waals surface area contributed by atoms with Gasteiger partial charge < -0.3 is 29.7 Å². The zero-order valence-corrected chi connectivity index (χ0v) is 32.4. The number of ether oxygens (including phenoxy) is 3. The van der Waals surface area contributed by atoms with E-state index in [9.17, 15) is 54.3 Å². The average Bonchev–Trinajstić information content (AvgIpc) is 3.61. The van der Waals surface area contributed by atoms with E-state index in [-0.39, 0.29) is 74.1 Å². The van der Waals surface area contributed by atoms with E-state index in [0.29, 0.717) is 16.7 Å². The summed E-state index contributed by atoms with van der Waals surface area (Å²) in [5, 5.41) is 40.0. The number of nitro benzene ring substituents is 3. The number of hydrogen-bond donors (Lipinski definition) is 4. The number of nitro groups is 3. The summed E-state index contributed by atoms with van der Waals surface area (Å²) in [6.45, 7) is 0.879. The molecule has 5 amide bonds. The maximum absolute atomic E-state index is 13.4. The van der Waals surface area contributed by atoms with E-state index in [1.807, 2.05) is 0 Å². The third-order valence-corrected chi connectivity index (χ3v) is 9.42. The van der Waals surface area contributed by atoms with Crippen LogP contribution in [0.15, 0.2) is 77.8 Å². The minimum absolute atomic E-state index is 0.0971. The van der Waals surface area contributed by atoms with Crippen LogP contribution in [0.3, 0.4) is 0 Å². The fourth-order valence-corrected chi connectivity index (χ4v) is 6.20. The summed E-state index contributed by atoms with van der Waals surface area (Å²) < 4.78 is 15.6. The molecule has 23 nitrogen and oxygen atoms in total. The number of non-ortho nitro benzene ring substituents is 3. The molecule has 24 heteroatoms. The second-order valence-electron chi connectivity index (χ2n) is 13.4. The molecule has 3 atom stereocenters. The SMILES string of the molecule is C[C@@H](N/C(=N\C(=O)OCc1ccc([N+](=O)[O-])cc1)NC(=O)OCc1ccc([N+](=O)[O-])cc1)C(=O)NC1CN(C(=O)[C@@H]2C[C@H](S)CN2C(=O)OCc2ccc([N+](=O)[O-])cc2)C1. The predicted molar refractivity (Wildman–Crippen MR) is 209 cm³/mol. The number of benzene rings is 3. The fourth-order valence-electron chi connectivity index (χ4n) is 5.82. The second kappa shape index (κ2) is 19.9. The third kappa shape index (κ3) is 12.1. The van der Waals surface area contributed by atoms with Crippen molar-refractivity contribution in [1.29, 1.82) is 0 Å². The molecule has 2 aliphatic heterocycles. The van der Waals surface area contributed by atoms with Crippen molar-refractivity contribution in [1.82, 2.24) is 25.8 Å². The Bertz CT molecular complexity index is 2150. The van der Waals surface area contributed by atoms with Crippen LogP contribution in [0.2, 0.25) is 0 Å². The highest BCUT2D eigenvalue weighted by molar-refractivity contribution is 7.81. The molecule has 3 aromatic carbocycles. The van der Waals surface area contributed by atoms with Crippen LogP contribution in [0.25, 0.3) is 0 Å². The summed E-state index contributed by atoms with van der Waals surface area (Å²) in [6.07, 6.45) is -2.84. The van der Waals surface area contributed by atoms with E-state index in [2.05, 4.69) is 33.6 Å². The Labute approximate surface area is 344 Å². The van der Waals surface area contributed by atoms with E-state index in [0.717, 1.165) is 0 Å². The van der Waals surface area contributed by atoms with E-state index in [1.165, 1.54) is 89.5 Å². The van der Waals surface area contributed by atoms with Gasteiger partial charge in [-0.15, -0.1) is 4.99 Å². The van der Waals surface area contributed by atoms with Gasteiger partial charge in [0.05, 0.1) is 20.8 Å². The molecule has 0 saturated carbocycles. The largest absolute Gasteiger partial charge is 0.445 e. The Morgan fingerprint density at radius 3 is 1.70 bits per heavy atom. The van der Waals surface area contributed by atoms with Gasteiger partial charge in [0.25, 0.3) is 17.1 Å². The molecule has 316 valence electrons. The first-order valence-electron chi connectivity index (χ1n) is 17.9. The van der Waals surface area contributed by atoms with Crippen molar-refractivity contribution in [3.63, 3.8) is 0 Å². The number of aliphatic imine (C=N–C) groups is 1. The highest BCUT2D eigenvalue weighted by atomic mass is 32.1. The first kappa shape index (κ1) is 43.7. The molecule has 2 heterocycles. The molecular formula is C36H37N9O14S. The molecule has 0 bridgehead atoms. The first-order chi connectivity index (χ1) is 28.6. The number of likely N-dealkylation sites (tertiary alicyclic amines) is 2. The van der Waals surface area contributed by atoms with Gasteiger partial charge in [-0.25, -0.2) is 14.4 Å². The number of carbonyl (C=O) groups excluding carboxylic acids is 5. The predicted octanol–water partition coefficient (Wildman–Crippen LogP) is 3.34. The molecular weight excluding hydrogens is 815 g/mol. The van der Waals surface area contributed by atoms with Crippen molar-refractivity contribution in [2.24, 2.45) is 4.99 Å². The van der Waals surface area contributed by atoms with Crippen molar-refractivity contribution in [2.75, 3.05) is 19.6 Å². The smallest absolute Gasteiger partial charge is 0.437 e. The lowest BCUT2D eigenvalue weighted by Crippen LogP contribution is -2.65. The molecule has 0 aromatic heterocycles. The number of nitrogens with zero attached hydrogens (tertiary/aromatic N) is 6. The lowest BCUT2D eigenvalue weighted by atomic mass is 10.1. The van der Waals surface area contributed by atoms with Gasteiger partial charge in [-0.2, -0.15) is 12.6 Å². The molecule has 3 N–H and O–H groups in total.